The fourth-order valence-electron chi connectivity index (χ4n) is 3.39. The normalized spacial score (nSPS) is 17.1. The lowest BCUT2D eigenvalue weighted by Gasteiger charge is -2.37. The molecule has 0 aromatic heterocycles. The van der Waals surface area contributed by atoms with Crippen LogP contribution in [0.2, 0.25) is 0 Å². The Kier molecular flexibility index (Phi) is 8.20. The molecule has 31 heavy (non-hydrogen) atoms. The Morgan fingerprint density at radius 1 is 1.35 bits per heavy atom. The number of benzene rings is 1. The second kappa shape index (κ2) is 10.2. The van der Waals surface area contributed by atoms with E-state index < -0.39 is 23.6 Å². The third-order valence-electron chi connectivity index (χ3n) is 4.85. The number of hydrogen-bond donors (Lipinski definition) is 2. The third-order valence-corrected chi connectivity index (χ3v) is 5.56. The van der Waals surface area contributed by atoms with Gasteiger partial charge in [-0.05, 0) is 45.1 Å². The lowest BCUT2D eigenvalue weighted by molar-refractivity contribution is -0.274. The molecule has 1 aliphatic rings. The molecule has 1 atom stereocenters. The molecule has 2 rings (SSSR count). The summed E-state index contributed by atoms with van der Waals surface area (Å²) < 4.78 is 45.1. The van der Waals surface area contributed by atoms with Crippen molar-refractivity contribution in [2.45, 2.75) is 45.1 Å². The van der Waals surface area contributed by atoms with Crippen molar-refractivity contribution in [3.63, 3.8) is 0 Å². The molecule has 2 amide bonds. The second-order valence-electron chi connectivity index (χ2n) is 7.72. The molecule has 0 saturated carbocycles. The van der Waals surface area contributed by atoms with Gasteiger partial charge in [-0.2, -0.15) is 5.26 Å². The van der Waals surface area contributed by atoms with Crippen LogP contribution < -0.4 is 14.8 Å². The van der Waals surface area contributed by atoms with Gasteiger partial charge in [0, 0.05) is 25.2 Å². The van der Waals surface area contributed by atoms with Crippen molar-refractivity contribution in [1.82, 2.24) is 14.9 Å². The van der Waals surface area contributed by atoms with Gasteiger partial charge >= 0.3 is 6.36 Å². The van der Waals surface area contributed by atoms with E-state index in [1.807, 2.05) is 6.26 Å². The van der Waals surface area contributed by atoms with Gasteiger partial charge in [-0.15, -0.1) is 13.2 Å². The Morgan fingerprint density at radius 3 is 2.68 bits per heavy atom. The van der Waals surface area contributed by atoms with Crippen molar-refractivity contribution >= 4 is 23.8 Å². The minimum atomic E-state index is -4.92. The standard InChI is InChI=1S/C20H25F3N4O3S/c1-19(2,26-31-3)18(29)27-8-4-5-15(12-27)17(28)25-11-14-7-6-13(10-24)9-16(14)30-20(21,22)23/h6-7,9,15,26H,4-5,8,11-12H2,1-3H3,(H,25,28). The lowest BCUT2D eigenvalue weighted by Crippen LogP contribution is -2.55. The van der Waals surface area contributed by atoms with E-state index in [0.29, 0.717) is 19.4 Å². The first kappa shape index (κ1) is 24.8. The van der Waals surface area contributed by atoms with E-state index in [2.05, 4.69) is 14.8 Å². The van der Waals surface area contributed by atoms with Gasteiger partial charge in [0.15, 0.2) is 0 Å². The Hall–Kier alpha value is -2.45. The quantitative estimate of drug-likeness (QED) is 0.610. The molecule has 0 radical (unpaired) electrons. The van der Waals surface area contributed by atoms with Gasteiger partial charge in [-0.3, -0.25) is 9.59 Å². The Morgan fingerprint density at radius 2 is 2.06 bits per heavy atom. The number of carbonyl (C=O) groups is 2. The number of ether oxygens (including phenoxy) is 1. The summed E-state index contributed by atoms with van der Waals surface area (Å²) in [5.74, 6) is -1.46. The molecular weight excluding hydrogens is 433 g/mol. The number of likely N-dealkylation sites (tertiary alicyclic amines) is 1. The van der Waals surface area contributed by atoms with Crippen molar-refractivity contribution in [1.29, 1.82) is 5.26 Å². The first-order chi connectivity index (χ1) is 14.5. The minimum Gasteiger partial charge on any atom is -0.405 e. The average Bonchev–Trinajstić information content (AvgIpc) is 2.70. The zero-order valence-electron chi connectivity index (χ0n) is 17.5. The molecule has 11 heteroatoms. The van der Waals surface area contributed by atoms with E-state index in [9.17, 15) is 22.8 Å². The van der Waals surface area contributed by atoms with Crippen LogP contribution in [-0.2, 0) is 16.1 Å². The maximum absolute atomic E-state index is 12.8. The number of hydrogen-bond acceptors (Lipinski definition) is 6. The van der Waals surface area contributed by atoms with Crippen molar-refractivity contribution in [3.05, 3.63) is 29.3 Å². The van der Waals surface area contributed by atoms with Crippen LogP contribution in [0.4, 0.5) is 13.2 Å². The summed E-state index contributed by atoms with van der Waals surface area (Å²) >= 11 is 1.33. The summed E-state index contributed by atoms with van der Waals surface area (Å²) in [6, 6.07) is 5.40. The van der Waals surface area contributed by atoms with Crippen LogP contribution in [0.25, 0.3) is 0 Å². The second-order valence-corrected chi connectivity index (χ2v) is 8.33. The molecule has 2 N–H and O–H groups in total. The van der Waals surface area contributed by atoms with Crippen LogP contribution in [0.5, 0.6) is 5.75 Å². The first-order valence-electron chi connectivity index (χ1n) is 9.63. The predicted molar refractivity (Wildman–Crippen MR) is 110 cm³/mol. The largest absolute Gasteiger partial charge is 0.573 e. The number of rotatable bonds is 7. The monoisotopic (exact) mass is 458 g/mol. The minimum absolute atomic E-state index is 0.0113. The van der Waals surface area contributed by atoms with Gasteiger partial charge in [0.25, 0.3) is 0 Å². The highest BCUT2D eigenvalue weighted by atomic mass is 32.2. The highest BCUT2D eigenvalue weighted by molar-refractivity contribution is 7.96. The molecule has 1 fully saturated rings. The zero-order chi connectivity index (χ0) is 23.2. The third kappa shape index (κ3) is 7.04. The summed E-state index contributed by atoms with van der Waals surface area (Å²) in [4.78, 5) is 27.1. The van der Waals surface area contributed by atoms with E-state index in [1.54, 1.807) is 24.8 Å². The van der Waals surface area contributed by atoms with E-state index >= 15 is 0 Å². The first-order valence-corrected chi connectivity index (χ1v) is 10.9. The molecule has 1 heterocycles. The summed E-state index contributed by atoms with van der Waals surface area (Å²) in [6.45, 7) is 4.12. The molecule has 1 aliphatic heterocycles. The maximum Gasteiger partial charge on any atom is 0.573 e. The van der Waals surface area contributed by atoms with Crippen LogP contribution in [0.3, 0.4) is 0 Å². The van der Waals surface area contributed by atoms with Gasteiger partial charge in [0.05, 0.1) is 17.6 Å². The molecule has 7 nitrogen and oxygen atoms in total. The SMILES string of the molecule is CSNC(C)(C)C(=O)N1CCCC(C(=O)NCc2ccc(C#N)cc2OC(F)(F)F)C1. The van der Waals surface area contributed by atoms with Crippen LogP contribution in [0.15, 0.2) is 18.2 Å². The molecule has 0 bridgehead atoms. The highest BCUT2D eigenvalue weighted by Gasteiger charge is 2.36. The molecule has 0 spiro atoms. The van der Waals surface area contributed by atoms with Crippen molar-refractivity contribution in [2.75, 3.05) is 19.3 Å². The van der Waals surface area contributed by atoms with Crippen molar-refractivity contribution in [3.8, 4) is 11.8 Å². The van der Waals surface area contributed by atoms with E-state index in [4.69, 9.17) is 5.26 Å². The van der Waals surface area contributed by atoms with Gasteiger partial charge in [0.1, 0.15) is 11.3 Å². The Labute approximate surface area is 183 Å². The fourth-order valence-corrected chi connectivity index (χ4v) is 3.98. The smallest absolute Gasteiger partial charge is 0.405 e. The Bertz CT molecular complexity index is 855. The van der Waals surface area contributed by atoms with Gasteiger partial charge < -0.3 is 15.0 Å². The molecule has 0 aliphatic carbocycles. The zero-order valence-corrected chi connectivity index (χ0v) is 18.3. The number of nitrogens with zero attached hydrogens (tertiary/aromatic N) is 2. The topological polar surface area (TPSA) is 94.5 Å². The molecular formula is C20H25F3N4O3S. The molecule has 1 unspecified atom stereocenters. The van der Waals surface area contributed by atoms with Crippen LogP contribution >= 0.6 is 11.9 Å². The highest BCUT2D eigenvalue weighted by Crippen LogP contribution is 2.28. The van der Waals surface area contributed by atoms with Gasteiger partial charge in [-0.25, -0.2) is 4.72 Å². The number of carbonyl (C=O) groups excluding carboxylic acids is 2. The predicted octanol–water partition coefficient (Wildman–Crippen LogP) is 2.96. The molecule has 1 aromatic carbocycles. The molecule has 170 valence electrons. The summed E-state index contributed by atoms with van der Waals surface area (Å²) in [7, 11) is 0. The summed E-state index contributed by atoms with van der Waals surface area (Å²) in [5.41, 5.74) is -0.680. The number of halogens is 3. The van der Waals surface area contributed by atoms with E-state index in [-0.39, 0.29) is 36.0 Å². The van der Waals surface area contributed by atoms with Crippen LogP contribution in [0.1, 0.15) is 37.8 Å². The van der Waals surface area contributed by atoms with E-state index in [0.717, 1.165) is 6.07 Å². The number of nitrogens with one attached hydrogen (secondary N) is 2. The summed E-state index contributed by atoms with van der Waals surface area (Å²) in [6.07, 6.45) is -1.88. The number of nitriles is 1. The number of amides is 2. The number of piperidine rings is 1. The fraction of sp³-hybridized carbons (Fsp3) is 0.550. The van der Waals surface area contributed by atoms with Crippen molar-refractivity contribution < 1.29 is 27.5 Å². The van der Waals surface area contributed by atoms with Gasteiger partial charge in [0.2, 0.25) is 11.8 Å². The Balaban J connectivity index is 2.04. The van der Waals surface area contributed by atoms with Crippen LogP contribution in [0, 0.1) is 17.2 Å². The van der Waals surface area contributed by atoms with Crippen molar-refractivity contribution in [2.24, 2.45) is 5.92 Å². The molecule has 1 saturated heterocycles. The van der Waals surface area contributed by atoms with Crippen LogP contribution in [-0.4, -0.2) is 48.0 Å². The number of alkyl halides is 3. The maximum atomic E-state index is 12.8. The summed E-state index contributed by atoms with van der Waals surface area (Å²) in [5, 5.41) is 11.5. The lowest BCUT2D eigenvalue weighted by atomic mass is 9.94. The van der Waals surface area contributed by atoms with Gasteiger partial charge in [-0.1, -0.05) is 18.0 Å². The average molecular weight is 459 g/mol. The molecule has 1 aromatic rings. The van der Waals surface area contributed by atoms with E-state index in [1.165, 1.54) is 24.1 Å².